The van der Waals surface area contributed by atoms with Crippen LogP contribution in [0, 0.1) is 0 Å². The average Bonchev–Trinajstić information content (AvgIpc) is 2.31. The molecule has 1 aliphatic rings. The van der Waals surface area contributed by atoms with E-state index in [0.29, 0.717) is 12.1 Å². The van der Waals surface area contributed by atoms with Crippen molar-refractivity contribution >= 4 is 5.91 Å². The van der Waals surface area contributed by atoms with Crippen LogP contribution in [0.4, 0.5) is 0 Å². The maximum Gasteiger partial charge on any atom is 0.239 e. The van der Waals surface area contributed by atoms with Crippen LogP contribution in [0.3, 0.4) is 0 Å². The van der Waals surface area contributed by atoms with Crippen LogP contribution in [-0.4, -0.2) is 54.0 Å². The molecule has 100 valence electrons. The van der Waals surface area contributed by atoms with Crippen molar-refractivity contribution in [2.24, 2.45) is 5.73 Å². The first-order valence-corrected chi connectivity index (χ1v) is 6.73. The van der Waals surface area contributed by atoms with Crippen molar-refractivity contribution in [3.8, 4) is 0 Å². The number of piperazine rings is 1. The number of unbranched alkanes of at least 4 members (excludes halogenated alkanes) is 1. The Bertz CT molecular complexity index is 245. The Morgan fingerprint density at radius 2 is 1.88 bits per heavy atom. The van der Waals surface area contributed by atoms with Crippen molar-refractivity contribution in [3.63, 3.8) is 0 Å². The lowest BCUT2D eigenvalue weighted by Crippen LogP contribution is -2.59. The van der Waals surface area contributed by atoms with E-state index in [1.54, 1.807) is 0 Å². The number of nitrogens with zero attached hydrogens (tertiary/aromatic N) is 2. The number of carbonyl (C=O) groups is 1. The first kappa shape index (κ1) is 14.5. The molecule has 1 rings (SSSR count). The molecule has 2 unspecified atom stereocenters. The Labute approximate surface area is 105 Å². The van der Waals surface area contributed by atoms with Gasteiger partial charge in [0.25, 0.3) is 0 Å². The highest BCUT2D eigenvalue weighted by Crippen LogP contribution is 2.14. The molecule has 0 aliphatic carbocycles. The molecule has 17 heavy (non-hydrogen) atoms. The maximum absolute atomic E-state index is 12.2. The third-order valence-corrected chi connectivity index (χ3v) is 3.86. The van der Waals surface area contributed by atoms with Gasteiger partial charge in [-0.15, -0.1) is 0 Å². The molecule has 0 radical (unpaired) electrons. The zero-order chi connectivity index (χ0) is 13.0. The largest absolute Gasteiger partial charge is 0.338 e. The van der Waals surface area contributed by atoms with Gasteiger partial charge in [0.15, 0.2) is 0 Å². The van der Waals surface area contributed by atoms with Crippen LogP contribution in [0.2, 0.25) is 0 Å². The van der Waals surface area contributed by atoms with Crippen LogP contribution in [0.15, 0.2) is 0 Å². The van der Waals surface area contributed by atoms with Crippen LogP contribution in [0.1, 0.15) is 40.0 Å². The fourth-order valence-electron chi connectivity index (χ4n) is 2.37. The van der Waals surface area contributed by atoms with Crippen molar-refractivity contribution in [1.29, 1.82) is 0 Å². The quantitative estimate of drug-likeness (QED) is 0.800. The molecule has 1 heterocycles. The summed E-state index contributed by atoms with van der Waals surface area (Å²) < 4.78 is 0. The Hall–Kier alpha value is -0.610. The third kappa shape index (κ3) is 3.68. The first-order chi connectivity index (χ1) is 7.97. The third-order valence-electron chi connectivity index (χ3n) is 3.86. The summed E-state index contributed by atoms with van der Waals surface area (Å²) >= 11 is 0. The number of amides is 1. The molecular weight excluding hydrogens is 214 g/mol. The number of hydrogen-bond acceptors (Lipinski definition) is 3. The van der Waals surface area contributed by atoms with Crippen LogP contribution in [0.5, 0.6) is 0 Å². The average molecular weight is 241 g/mol. The Kier molecular flexibility index (Phi) is 5.40. The van der Waals surface area contributed by atoms with Gasteiger partial charge in [-0.1, -0.05) is 19.8 Å². The molecule has 4 heteroatoms. The second-order valence-electron chi connectivity index (χ2n) is 5.36. The number of likely N-dealkylation sites (N-methyl/N-ethyl adjacent to an activating group) is 1. The standard InChI is InChI=1S/C13H27N3O/c1-5-6-7-12(14)13(17)16-8-10(2)15(4)11(3)9-16/h10-12H,5-9,14H2,1-4H3/t10?,11?,12-/m0/s1. The van der Waals surface area contributed by atoms with E-state index >= 15 is 0 Å². The van der Waals surface area contributed by atoms with Gasteiger partial charge in [0.05, 0.1) is 6.04 Å². The Balaban J connectivity index is 2.52. The normalized spacial score (nSPS) is 28.2. The van der Waals surface area contributed by atoms with Gasteiger partial charge >= 0.3 is 0 Å². The topological polar surface area (TPSA) is 49.6 Å². The summed E-state index contributed by atoms with van der Waals surface area (Å²) in [5.74, 6) is 0.130. The smallest absolute Gasteiger partial charge is 0.239 e. The predicted octanol–water partition coefficient (Wildman–Crippen LogP) is 1.05. The fourth-order valence-corrected chi connectivity index (χ4v) is 2.37. The van der Waals surface area contributed by atoms with E-state index in [-0.39, 0.29) is 11.9 Å². The number of hydrogen-bond donors (Lipinski definition) is 1. The van der Waals surface area contributed by atoms with Crippen molar-refractivity contribution in [1.82, 2.24) is 9.80 Å². The van der Waals surface area contributed by atoms with E-state index in [4.69, 9.17) is 5.73 Å². The van der Waals surface area contributed by atoms with Crippen molar-refractivity contribution in [2.75, 3.05) is 20.1 Å². The molecule has 2 N–H and O–H groups in total. The first-order valence-electron chi connectivity index (χ1n) is 6.73. The van der Waals surface area contributed by atoms with Gasteiger partial charge in [-0.3, -0.25) is 9.69 Å². The van der Waals surface area contributed by atoms with Crippen LogP contribution >= 0.6 is 0 Å². The monoisotopic (exact) mass is 241 g/mol. The highest BCUT2D eigenvalue weighted by molar-refractivity contribution is 5.81. The second kappa shape index (κ2) is 6.36. The molecule has 1 saturated heterocycles. The maximum atomic E-state index is 12.2. The molecule has 0 bridgehead atoms. The lowest BCUT2D eigenvalue weighted by atomic mass is 10.1. The summed E-state index contributed by atoms with van der Waals surface area (Å²) in [6, 6.07) is 0.528. The molecule has 0 aromatic heterocycles. The van der Waals surface area contributed by atoms with Crippen molar-refractivity contribution in [2.45, 2.75) is 58.2 Å². The minimum atomic E-state index is -0.308. The summed E-state index contributed by atoms with van der Waals surface area (Å²) in [5.41, 5.74) is 5.95. The zero-order valence-corrected chi connectivity index (χ0v) is 11.6. The van der Waals surface area contributed by atoms with Crippen LogP contribution in [-0.2, 0) is 4.79 Å². The van der Waals surface area contributed by atoms with Gasteiger partial charge < -0.3 is 10.6 Å². The summed E-state index contributed by atoms with van der Waals surface area (Å²) in [6.07, 6.45) is 2.94. The lowest BCUT2D eigenvalue weighted by Gasteiger charge is -2.43. The van der Waals surface area contributed by atoms with Gasteiger partial charge in [0, 0.05) is 25.2 Å². The minimum absolute atomic E-state index is 0.130. The van der Waals surface area contributed by atoms with Gasteiger partial charge in [-0.25, -0.2) is 0 Å². The minimum Gasteiger partial charge on any atom is -0.338 e. The van der Waals surface area contributed by atoms with E-state index < -0.39 is 0 Å². The van der Waals surface area contributed by atoms with Gasteiger partial charge in [-0.05, 0) is 27.3 Å². The Morgan fingerprint density at radius 1 is 1.35 bits per heavy atom. The molecule has 4 nitrogen and oxygen atoms in total. The van der Waals surface area contributed by atoms with Gasteiger partial charge in [0.2, 0.25) is 5.91 Å². The van der Waals surface area contributed by atoms with E-state index in [0.717, 1.165) is 32.4 Å². The predicted molar refractivity (Wildman–Crippen MR) is 70.8 cm³/mol. The van der Waals surface area contributed by atoms with E-state index in [9.17, 15) is 4.79 Å². The number of rotatable bonds is 4. The lowest BCUT2D eigenvalue weighted by molar-refractivity contribution is -0.136. The summed E-state index contributed by atoms with van der Waals surface area (Å²) in [6.45, 7) is 8.05. The van der Waals surface area contributed by atoms with Gasteiger partial charge in [-0.2, -0.15) is 0 Å². The molecule has 0 aromatic rings. The molecule has 0 saturated carbocycles. The Morgan fingerprint density at radius 3 is 2.35 bits per heavy atom. The highest BCUT2D eigenvalue weighted by atomic mass is 16.2. The number of carbonyl (C=O) groups excluding carboxylic acids is 1. The van der Waals surface area contributed by atoms with Crippen LogP contribution < -0.4 is 5.73 Å². The van der Waals surface area contributed by atoms with E-state index in [1.165, 1.54) is 0 Å². The molecule has 3 atom stereocenters. The summed E-state index contributed by atoms with van der Waals surface area (Å²) in [5, 5.41) is 0. The SMILES string of the molecule is CCCC[C@H](N)C(=O)N1CC(C)N(C)C(C)C1. The van der Waals surface area contributed by atoms with Crippen molar-refractivity contribution < 1.29 is 4.79 Å². The molecule has 0 spiro atoms. The van der Waals surface area contributed by atoms with Gasteiger partial charge in [0.1, 0.15) is 0 Å². The highest BCUT2D eigenvalue weighted by Gasteiger charge is 2.31. The molecule has 1 amide bonds. The van der Waals surface area contributed by atoms with E-state index in [2.05, 4.69) is 32.7 Å². The molecule has 1 aliphatic heterocycles. The summed E-state index contributed by atoms with van der Waals surface area (Å²) in [7, 11) is 2.12. The second-order valence-corrected chi connectivity index (χ2v) is 5.36. The number of nitrogens with two attached hydrogens (primary N) is 1. The summed E-state index contributed by atoms with van der Waals surface area (Å²) in [4.78, 5) is 16.4. The van der Waals surface area contributed by atoms with E-state index in [1.807, 2.05) is 4.90 Å². The van der Waals surface area contributed by atoms with Crippen LogP contribution in [0.25, 0.3) is 0 Å². The zero-order valence-electron chi connectivity index (χ0n) is 11.6. The molecule has 0 aromatic carbocycles. The van der Waals surface area contributed by atoms with Crippen molar-refractivity contribution in [3.05, 3.63) is 0 Å². The fraction of sp³-hybridized carbons (Fsp3) is 0.923. The molecular formula is C13H27N3O. The molecule has 1 fully saturated rings.